The van der Waals surface area contributed by atoms with Gasteiger partial charge in [0.1, 0.15) is 10.0 Å². The minimum Gasteiger partial charge on any atom is -0.234 e. The molecule has 0 atom stereocenters. The SMILES string of the molecule is Cc1ccc(-c2nc3c(-c4ccccc4C)c4sc(-c5ccc(C)s5)nc4c(-c4ccccc4C)c3s2)s1. The maximum absolute atomic E-state index is 5.38. The Balaban J connectivity index is 1.67. The fraction of sp³-hybridized carbons (Fsp3) is 0.125. The highest BCUT2D eigenvalue weighted by Crippen LogP contribution is 2.51. The molecule has 0 aliphatic rings. The number of thiazole rings is 2. The maximum atomic E-state index is 5.38. The Morgan fingerprint density at radius 2 is 0.895 bits per heavy atom. The van der Waals surface area contributed by atoms with E-state index in [1.807, 2.05) is 22.7 Å². The monoisotopic (exact) mass is 564 g/mol. The van der Waals surface area contributed by atoms with Crippen LogP contribution < -0.4 is 0 Å². The number of hydrogen-bond donors (Lipinski definition) is 0. The molecule has 186 valence electrons. The van der Waals surface area contributed by atoms with E-state index in [9.17, 15) is 0 Å². The summed E-state index contributed by atoms with van der Waals surface area (Å²) in [5.41, 5.74) is 9.54. The minimum atomic E-state index is 1.08. The van der Waals surface area contributed by atoms with Gasteiger partial charge >= 0.3 is 0 Å². The summed E-state index contributed by atoms with van der Waals surface area (Å²) in [4.78, 5) is 15.8. The van der Waals surface area contributed by atoms with Gasteiger partial charge in [-0.1, -0.05) is 48.5 Å². The first kappa shape index (κ1) is 23.9. The number of rotatable bonds is 4. The number of fused-ring (bicyclic) bond motifs is 2. The van der Waals surface area contributed by atoms with Crippen LogP contribution in [0, 0.1) is 27.7 Å². The molecule has 3 aromatic carbocycles. The van der Waals surface area contributed by atoms with Gasteiger partial charge in [-0.2, -0.15) is 0 Å². The van der Waals surface area contributed by atoms with Gasteiger partial charge in [0.25, 0.3) is 0 Å². The molecule has 4 aromatic heterocycles. The Kier molecular flexibility index (Phi) is 5.82. The second-order valence-corrected chi connectivity index (χ2v) is 14.2. The lowest BCUT2D eigenvalue weighted by atomic mass is 9.93. The lowest BCUT2D eigenvalue weighted by molar-refractivity contribution is 1.44. The minimum absolute atomic E-state index is 1.08. The van der Waals surface area contributed by atoms with Gasteiger partial charge in [-0.25, -0.2) is 9.97 Å². The van der Waals surface area contributed by atoms with Crippen molar-refractivity contribution in [1.82, 2.24) is 9.97 Å². The van der Waals surface area contributed by atoms with E-state index < -0.39 is 0 Å². The molecule has 0 N–H and O–H groups in total. The first-order valence-corrected chi connectivity index (χ1v) is 15.8. The molecule has 0 aliphatic heterocycles. The molecular formula is C32H24N2S4. The highest BCUT2D eigenvalue weighted by Gasteiger charge is 2.26. The maximum Gasteiger partial charge on any atom is 0.134 e. The zero-order valence-electron chi connectivity index (χ0n) is 21.5. The van der Waals surface area contributed by atoms with E-state index in [2.05, 4.69) is 100 Å². The summed E-state index contributed by atoms with van der Waals surface area (Å²) in [7, 11) is 0. The Morgan fingerprint density at radius 1 is 0.474 bits per heavy atom. The van der Waals surface area contributed by atoms with Gasteiger partial charge in [0.05, 0.1) is 30.2 Å². The summed E-state index contributed by atoms with van der Waals surface area (Å²) in [6, 6.07) is 26.1. The third-order valence-corrected chi connectivity index (χ3v) is 11.4. The molecule has 4 heterocycles. The second kappa shape index (κ2) is 9.24. The van der Waals surface area contributed by atoms with Crippen LogP contribution in [-0.4, -0.2) is 9.97 Å². The summed E-state index contributed by atoms with van der Waals surface area (Å²) in [5.74, 6) is 0. The van der Waals surface area contributed by atoms with Crippen LogP contribution in [-0.2, 0) is 0 Å². The van der Waals surface area contributed by atoms with Crippen molar-refractivity contribution in [1.29, 1.82) is 0 Å². The number of aryl methyl sites for hydroxylation is 4. The van der Waals surface area contributed by atoms with E-state index in [1.165, 1.54) is 62.3 Å². The largest absolute Gasteiger partial charge is 0.234 e. The van der Waals surface area contributed by atoms with Crippen LogP contribution in [0.15, 0.2) is 72.8 Å². The number of nitrogens with zero attached hydrogens (tertiary/aromatic N) is 2. The molecule has 0 aliphatic carbocycles. The molecule has 0 saturated carbocycles. The molecule has 0 fully saturated rings. The van der Waals surface area contributed by atoms with Crippen LogP contribution in [0.2, 0.25) is 0 Å². The van der Waals surface area contributed by atoms with Gasteiger partial charge in [0.15, 0.2) is 0 Å². The first-order chi connectivity index (χ1) is 18.5. The number of hydrogen-bond acceptors (Lipinski definition) is 6. The van der Waals surface area contributed by atoms with Crippen molar-refractivity contribution in [3.63, 3.8) is 0 Å². The van der Waals surface area contributed by atoms with E-state index in [-0.39, 0.29) is 0 Å². The van der Waals surface area contributed by atoms with E-state index >= 15 is 0 Å². The molecule has 0 radical (unpaired) electrons. The number of benzene rings is 3. The summed E-state index contributed by atoms with van der Waals surface area (Å²) in [5, 5.41) is 2.16. The Bertz CT molecular complexity index is 1790. The molecular weight excluding hydrogens is 541 g/mol. The molecule has 2 nitrogen and oxygen atoms in total. The van der Waals surface area contributed by atoms with Crippen molar-refractivity contribution in [2.45, 2.75) is 27.7 Å². The fourth-order valence-electron chi connectivity index (χ4n) is 5.05. The number of thiophene rings is 2. The zero-order chi connectivity index (χ0) is 26.0. The molecule has 0 bridgehead atoms. The van der Waals surface area contributed by atoms with Crippen molar-refractivity contribution in [2.24, 2.45) is 0 Å². The normalized spacial score (nSPS) is 11.7. The molecule has 0 saturated heterocycles. The Labute approximate surface area is 237 Å². The second-order valence-electron chi connectivity index (χ2n) is 9.59. The fourth-order valence-corrected chi connectivity index (χ4v) is 9.16. The van der Waals surface area contributed by atoms with Crippen molar-refractivity contribution < 1.29 is 0 Å². The van der Waals surface area contributed by atoms with Gasteiger partial charge < -0.3 is 0 Å². The van der Waals surface area contributed by atoms with Crippen molar-refractivity contribution in [3.05, 3.63) is 93.7 Å². The summed E-state index contributed by atoms with van der Waals surface area (Å²) >= 11 is 7.22. The van der Waals surface area contributed by atoms with Crippen LogP contribution in [0.3, 0.4) is 0 Å². The lowest BCUT2D eigenvalue weighted by Crippen LogP contribution is -1.91. The third-order valence-electron chi connectivity index (χ3n) is 6.91. The van der Waals surface area contributed by atoms with Crippen molar-refractivity contribution in [3.8, 4) is 42.0 Å². The quantitative estimate of drug-likeness (QED) is 0.212. The van der Waals surface area contributed by atoms with Crippen LogP contribution in [0.4, 0.5) is 0 Å². The molecule has 7 rings (SSSR count). The van der Waals surface area contributed by atoms with Gasteiger partial charge in [0, 0.05) is 20.9 Å². The Hall–Kier alpha value is -3.16. The van der Waals surface area contributed by atoms with Gasteiger partial charge in [-0.15, -0.1) is 45.3 Å². The highest BCUT2D eigenvalue weighted by molar-refractivity contribution is 7.27. The third kappa shape index (κ3) is 3.86. The van der Waals surface area contributed by atoms with Crippen LogP contribution in [0.25, 0.3) is 62.5 Å². The van der Waals surface area contributed by atoms with Gasteiger partial charge in [-0.05, 0) is 74.2 Å². The molecule has 6 heteroatoms. The molecule has 7 aromatic rings. The smallest absolute Gasteiger partial charge is 0.134 e. The van der Waals surface area contributed by atoms with E-state index in [0.29, 0.717) is 0 Å². The topological polar surface area (TPSA) is 25.8 Å². The predicted molar refractivity (Wildman–Crippen MR) is 169 cm³/mol. The van der Waals surface area contributed by atoms with Crippen molar-refractivity contribution >= 4 is 65.8 Å². The van der Waals surface area contributed by atoms with Crippen LogP contribution in [0.1, 0.15) is 20.9 Å². The average Bonchev–Trinajstić information content (AvgIpc) is 3.70. The van der Waals surface area contributed by atoms with Crippen molar-refractivity contribution in [2.75, 3.05) is 0 Å². The van der Waals surface area contributed by atoms with Crippen LogP contribution >= 0.6 is 45.3 Å². The molecule has 38 heavy (non-hydrogen) atoms. The van der Waals surface area contributed by atoms with E-state index in [0.717, 1.165) is 21.0 Å². The molecule has 0 spiro atoms. The van der Waals surface area contributed by atoms with Gasteiger partial charge in [-0.3, -0.25) is 0 Å². The summed E-state index contributed by atoms with van der Waals surface area (Å²) in [6.07, 6.45) is 0. The zero-order valence-corrected chi connectivity index (χ0v) is 24.7. The van der Waals surface area contributed by atoms with Gasteiger partial charge in [0.2, 0.25) is 0 Å². The van der Waals surface area contributed by atoms with Crippen LogP contribution in [0.5, 0.6) is 0 Å². The van der Waals surface area contributed by atoms with E-state index in [1.54, 1.807) is 22.7 Å². The highest BCUT2D eigenvalue weighted by atomic mass is 32.1. The molecule has 0 amide bonds. The predicted octanol–water partition coefficient (Wildman–Crippen LogP) is 10.9. The molecule has 0 unspecified atom stereocenters. The lowest BCUT2D eigenvalue weighted by Gasteiger charge is -2.13. The average molecular weight is 565 g/mol. The standard InChI is InChI=1S/C32H24N2S4/c1-17-9-5-7-11-21(17)25-27-30(38-31(33-27)23-15-13-19(3)35-23)26(22-12-8-6-10-18(22)2)28-29(25)37-32(34-28)24-16-14-20(4)36-24/h5-16H,1-4H3. The summed E-state index contributed by atoms with van der Waals surface area (Å²) in [6.45, 7) is 8.71. The first-order valence-electron chi connectivity index (χ1n) is 12.5. The summed E-state index contributed by atoms with van der Waals surface area (Å²) < 4.78 is 2.43. The number of aromatic nitrogens is 2. The van der Waals surface area contributed by atoms with E-state index in [4.69, 9.17) is 9.97 Å². The Morgan fingerprint density at radius 3 is 1.26 bits per heavy atom.